The minimum absolute atomic E-state index is 0.101. The van der Waals surface area contributed by atoms with Gasteiger partial charge in [-0.3, -0.25) is 4.79 Å². The van der Waals surface area contributed by atoms with Crippen LogP contribution in [0.2, 0.25) is 5.02 Å². The third-order valence-corrected chi connectivity index (χ3v) is 7.23. The van der Waals surface area contributed by atoms with Crippen molar-refractivity contribution in [1.82, 2.24) is 15.5 Å². The van der Waals surface area contributed by atoms with Crippen molar-refractivity contribution in [2.24, 2.45) is 5.92 Å². The number of piperidine rings is 1. The van der Waals surface area contributed by atoms with E-state index in [0.717, 1.165) is 39.0 Å². The van der Waals surface area contributed by atoms with Crippen LogP contribution in [0.5, 0.6) is 11.5 Å². The highest BCUT2D eigenvalue weighted by Gasteiger charge is 2.30. The Bertz CT molecular complexity index is 752. The first kappa shape index (κ1) is 24.6. The van der Waals surface area contributed by atoms with Crippen molar-refractivity contribution in [2.75, 3.05) is 60.1 Å². The van der Waals surface area contributed by atoms with E-state index in [1.54, 1.807) is 13.2 Å². The van der Waals surface area contributed by atoms with Gasteiger partial charge in [0.15, 0.2) is 11.5 Å². The number of fused-ring (bicyclic) bond motifs is 1. The van der Waals surface area contributed by atoms with Gasteiger partial charge in [0.25, 0.3) is 5.91 Å². The van der Waals surface area contributed by atoms with Gasteiger partial charge in [-0.1, -0.05) is 11.6 Å². The summed E-state index contributed by atoms with van der Waals surface area (Å²) in [7, 11) is 3.74. The molecular formula is C22H33BrClN3O4. The van der Waals surface area contributed by atoms with Crippen LogP contribution in [0.1, 0.15) is 36.0 Å². The molecule has 1 amide bonds. The fraction of sp³-hybridized carbons (Fsp3) is 0.682. The topological polar surface area (TPSA) is 72.1 Å². The van der Waals surface area contributed by atoms with Crippen LogP contribution in [0.15, 0.2) is 10.5 Å². The number of hydrogen-bond donors (Lipinski definition) is 2. The number of benzene rings is 1. The molecule has 174 valence electrons. The number of ether oxygens (including phenoxy) is 3. The number of likely N-dealkylation sites (tertiary alicyclic amines) is 1. The molecule has 31 heavy (non-hydrogen) atoms. The molecule has 0 spiro atoms. The molecule has 0 bridgehead atoms. The maximum atomic E-state index is 13.0. The summed E-state index contributed by atoms with van der Waals surface area (Å²) < 4.78 is 18.0. The first-order valence-corrected chi connectivity index (χ1v) is 12.2. The molecule has 1 aromatic rings. The van der Waals surface area contributed by atoms with Gasteiger partial charge in [0.2, 0.25) is 0 Å². The Kier molecular flexibility index (Phi) is 9.72. The zero-order valence-electron chi connectivity index (χ0n) is 18.3. The van der Waals surface area contributed by atoms with Gasteiger partial charge in [-0.25, -0.2) is 0 Å². The van der Waals surface area contributed by atoms with Gasteiger partial charge in [-0.15, -0.1) is 0 Å². The van der Waals surface area contributed by atoms with Crippen LogP contribution in [0.25, 0.3) is 0 Å². The molecule has 2 aliphatic heterocycles. The van der Waals surface area contributed by atoms with Gasteiger partial charge < -0.3 is 29.7 Å². The first-order chi connectivity index (χ1) is 15.0. The number of amides is 1. The van der Waals surface area contributed by atoms with Crippen LogP contribution in [0, 0.1) is 5.92 Å². The van der Waals surface area contributed by atoms with E-state index in [9.17, 15) is 4.79 Å². The molecule has 0 aromatic heterocycles. The molecule has 2 N–H and O–H groups in total. The second-order valence-corrected chi connectivity index (χ2v) is 9.27. The second-order valence-electron chi connectivity index (χ2n) is 8.07. The zero-order chi connectivity index (χ0) is 22.2. The minimum Gasteiger partial charge on any atom is -0.489 e. The standard InChI is InChI=1S/C22H33BrClN3O4/c1-25-7-3-4-8-27-9-6-15(18(14-27)29-2)13-26-22(28)16-12-17(24)19(23)21-20(16)30-10-5-11-31-21/h12,15,18,25H,3-11,13-14H2,1-2H3,(H,26,28)/t15-,18?/m0/s1. The number of carbonyl (C=O) groups is 1. The highest BCUT2D eigenvalue weighted by molar-refractivity contribution is 9.10. The molecule has 1 saturated heterocycles. The van der Waals surface area contributed by atoms with Crippen molar-refractivity contribution in [3.05, 3.63) is 21.1 Å². The summed E-state index contributed by atoms with van der Waals surface area (Å²) in [5, 5.41) is 6.69. The fourth-order valence-electron chi connectivity index (χ4n) is 4.12. The first-order valence-electron chi connectivity index (χ1n) is 11.0. The van der Waals surface area contributed by atoms with Gasteiger partial charge in [0.1, 0.15) is 0 Å². The number of methoxy groups -OCH3 is 1. The van der Waals surface area contributed by atoms with Crippen molar-refractivity contribution in [1.29, 1.82) is 0 Å². The summed E-state index contributed by atoms with van der Waals surface area (Å²) in [6, 6.07) is 1.63. The third-order valence-electron chi connectivity index (χ3n) is 5.92. The van der Waals surface area contributed by atoms with Crippen LogP contribution < -0.4 is 20.1 Å². The van der Waals surface area contributed by atoms with Crippen LogP contribution in [-0.4, -0.2) is 77.0 Å². The van der Waals surface area contributed by atoms with E-state index in [0.29, 0.717) is 46.3 Å². The van der Waals surface area contributed by atoms with E-state index in [2.05, 4.69) is 31.5 Å². The van der Waals surface area contributed by atoms with Gasteiger partial charge in [0.05, 0.1) is 34.4 Å². The van der Waals surface area contributed by atoms with Crippen molar-refractivity contribution < 1.29 is 19.0 Å². The van der Waals surface area contributed by atoms with Crippen LogP contribution in [-0.2, 0) is 4.74 Å². The van der Waals surface area contributed by atoms with Crippen LogP contribution in [0.4, 0.5) is 0 Å². The lowest BCUT2D eigenvalue weighted by molar-refractivity contribution is -0.0107. The SMILES string of the molecule is CNCCCCN1CC[C@@H](CNC(=O)c2cc(Cl)c(Br)c3c2OCCCO3)C(OC)C1. The molecule has 1 aromatic carbocycles. The highest BCUT2D eigenvalue weighted by atomic mass is 79.9. The van der Waals surface area contributed by atoms with E-state index in [4.69, 9.17) is 25.8 Å². The maximum Gasteiger partial charge on any atom is 0.255 e. The Labute approximate surface area is 198 Å². The minimum atomic E-state index is -0.208. The number of rotatable bonds is 9. The van der Waals surface area contributed by atoms with Gasteiger partial charge in [-0.2, -0.15) is 0 Å². The quantitative estimate of drug-likeness (QED) is 0.489. The van der Waals surface area contributed by atoms with Gasteiger partial charge in [0, 0.05) is 32.5 Å². The molecule has 7 nitrogen and oxygen atoms in total. The largest absolute Gasteiger partial charge is 0.489 e. The molecule has 0 saturated carbocycles. The normalized spacial score (nSPS) is 21.5. The molecule has 2 atom stereocenters. The van der Waals surface area contributed by atoms with Crippen LogP contribution in [0.3, 0.4) is 0 Å². The third kappa shape index (κ3) is 6.48. The van der Waals surface area contributed by atoms with E-state index >= 15 is 0 Å². The Morgan fingerprint density at radius 1 is 1.32 bits per heavy atom. The number of unbranched alkanes of at least 4 members (excludes halogenated alkanes) is 1. The number of nitrogens with one attached hydrogen (secondary N) is 2. The monoisotopic (exact) mass is 517 g/mol. The number of hydrogen-bond acceptors (Lipinski definition) is 6. The maximum absolute atomic E-state index is 13.0. The van der Waals surface area contributed by atoms with E-state index in [1.807, 2.05) is 7.05 Å². The summed E-state index contributed by atoms with van der Waals surface area (Å²) >= 11 is 9.77. The molecule has 3 rings (SSSR count). The van der Waals surface area contributed by atoms with Gasteiger partial charge in [-0.05, 0) is 67.9 Å². The van der Waals surface area contributed by atoms with E-state index < -0.39 is 0 Å². The number of carbonyl (C=O) groups excluding carboxylic acids is 1. The van der Waals surface area contributed by atoms with E-state index in [-0.39, 0.29) is 17.9 Å². The number of halogens is 2. The van der Waals surface area contributed by atoms with Crippen molar-refractivity contribution in [2.45, 2.75) is 31.8 Å². The Morgan fingerprint density at radius 3 is 2.84 bits per heavy atom. The van der Waals surface area contributed by atoms with Crippen molar-refractivity contribution in [3.8, 4) is 11.5 Å². The van der Waals surface area contributed by atoms with Gasteiger partial charge >= 0.3 is 0 Å². The Hall–Kier alpha value is -1.06. The summed E-state index contributed by atoms with van der Waals surface area (Å²) in [4.78, 5) is 15.5. The molecule has 2 aliphatic rings. The predicted molar refractivity (Wildman–Crippen MR) is 126 cm³/mol. The average Bonchev–Trinajstić information content (AvgIpc) is 3.04. The Morgan fingerprint density at radius 2 is 2.10 bits per heavy atom. The molecule has 2 heterocycles. The summed E-state index contributed by atoms with van der Waals surface area (Å²) in [5.74, 6) is 1.01. The lowest BCUT2D eigenvalue weighted by Crippen LogP contribution is -2.48. The lowest BCUT2D eigenvalue weighted by atomic mass is 9.93. The van der Waals surface area contributed by atoms with Crippen molar-refractivity contribution >= 4 is 33.4 Å². The molecule has 1 fully saturated rings. The second kappa shape index (κ2) is 12.3. The summed E-state index contributed by atoms with van der Waals surface area (Å²) in [5.41, 5.74) is 0.404. The van der Waals surface area contributed by atoms with Crippen molar-refractivity contribution in [3.63, 3.8) is 0 Å². The fourth-order valence-corrected chi connectivity index (χ4v) is 4.73. The molecule has 0 aliphatic carbocycles. The van der Waals surface area contributed by atoms with E-state index in [1.165, 1.54) is 12.8 Å². The molecule has 9 heteroatoms. The molecular weight excluding hydrogens is 486 g/mol. The summed E-state index contributed by atoms with van der Waals surface area (Å²) in [6.07, 6.45) is 4.20. The molecule has 0 radical (unpaired) electrons. The smallest absolute Gasteiger partial charge is 0.255 e. The molecule has 1 unspecified atom stereocenters. The average molecular weight is 519 g/mol. The Balaban J connectivity index is 1.59. The zero-order valence-corrected chi connectivity index (χ0v) is 20.7. The lowest BCUT2D eigenvalue weighted by Gasteiger charge is -2.38. The number of nitrogens with zero attached hydrogens (tertiary/aromatic N) is 1. The predicted octanol–water partition coefficient (Wildman–Crippen LogP) is 3.33. The highest BCUT2D eigenvalue weighted by Crippen LogP contribution is 2.44. The van der Waals surface area contributed by atoms with Crippen LogP contribution >= 0.6 is 27.5 Å². The summed E-state index contributed by atoms with van der Waals surface area (Å²) in [6.45, 7) is 5.63.